The fourth-order valence-corrected chi connectivity index (χ4v) is 3.84. The number of imidazole rings is 1. The summed E-state index contributed by atoms with van der Waals surface area (Å²) in [6.07, 6.45) is 1.62. The van der Waals surface area contributed by atoms with E-state index in [9.17, 15) is 14.9 Å². The lowest BCUT2D eigenvalue weighted by Gasteiger charge is -2.11. The van der Waals surface area contributed by atoms with Gasteiger partial charge in [-0.3, -0.25) is 14.9 Å². The Bertz CT molecular complexity index is 1280. The molecule has 4 rings (SSSR count). The first kappa shape index (κ1) is 20.3. The number of aromatic nitrogens is 2. The van der Waals surface area contributed by atoms with E-state index in [1.165, 1.54) is 6.07 Å². The first-order chi connectivity index (χ1) is 15.0. The van der Waals surface area contributed by atoms with Crippen molar-refractivity contribution in [3.05, 3.63) is 93.8 Å². The Labute approximate surface area is 179 Å². The molecule has 0 aliphatic rings. The highest BCUT2D eigenvalue weighted by Gasteiger charge is 2.19. The highest BCUT2D eigenvalue weighted by molar-refractivity contribution is 5.99. The summed E-state index contributed by atoms with van der Waals surface area (Å²) in [7, 11) is 0. The number of hydrogen-bond acceptors (Lipinski definition) is 4. The van der Waals surface area contributed by atoms with E-state index >= 15 is 0 Å². The zero-order chi connectivity index (χ0) is 22.0. The van der Waals surface area contributed by atoms with Gasteiger partial charge in [0.2, 0.25) is 5.91 Å². The van der Waals surface area contributed by atoms with Crippen molar-refractivity contribution in [3.63, 3.8) is 0 Å². The number of amides is 1. The molecule has 0 saturated heterocycles. The molecule has 0 bridgehead atoms. The number of nitrogens with two attached hydrogens (primary N) is 1. The lowest BCUT2D eigenvalue weighted by molar-refractivity contribution is -0.383. The molecule has 1 heterocycles. The van der Waals surface area contributed by atoms with Crippen LogP contribution in [0, 0.1) is 10.1 Å². The van der Waals surface area contributed by atoms with E-state index in [0.717, 1.165) is 40.9 Å². The third kappa shape index (κ3) is 3.90. The van der Waals surface area contributed by atoms with Crippen LogP contribution < -0.4 is 5.73 Å². The van der Waals surface area contributed by atoms with Crippen molar-refractivity contribution in [2.45, 2.75) is 26.3 Å². The average molecular weight is 414 g/mol. The molecule has 0 atom stereocenters. The summed E-state index contributed by atoms with van der Waals surface area (Å²) in [5, 5.41) is 11.4. The highest BCUT2D eigenvalue weighted by atomic mass is 16.6. The topological polar surface area (TPSA) is 104 Å². The van der Waals surface area contributed by atoms with Gasteiger partial charge in [0.15, 0.2) is 5.52 Å². The number of rotatable bonds is 7. The van der Waals surface area contributed by atoms with Crippen LogP contribution >= 0.6 is 0 Å². The first-order valence-electron chi connectivity index (χ1n) is 10.1. The van der Waals surface area contributed by atoms with Crippen LogP contribution in [0.3, 0.4) is 0 Å². The van der Waals surface area contributed by atoms with Gasteiger partial charge >= 0.3 is 0 Å². The molecule has 4 aromatic rings. The normalized spacial score (nSPS) is 11.0. The summed E-state index contributed by atoms with van der Waals surface area (Å²) in [6.45, 7) is 2.60. The molecule has 1 aromatic heterocycles. The summed E-state index contributed by atoms with van der Waals surface area (Å²) in [4.78, 5) is 27.4. The molecule has 0 saturated carbocycles. The number of carbonyl (C=O) groups excluding carboxylic acids is 1. The van der Waals surface area contributed by atoms with Crippen LogP contribution in [-0.2, 0) is 13.0 Å². The summed E-state index contributed by atoms with van der Waals surface area (Å²) >= 11 is 0. The molecule has 0 aliphatic heterocycles. The van der Waals surface area contributed by atoms with Gasteiger partial charge in [-0.15, -0.1) is 0 Å². The number of hydrogen-bond donors (Lipinski definition) is 1. The zero-order valence-corrected chi connectivity index (χ0v) is 17.1. The number of benzene rings is 3. The third-order valence-electron chi connectivity index (χ3n) is 5.31. The van der Waals surface area contributed by atoms with E-state index in [0.29, 0.717) is 17.6 Å². The van der Waals surface area contributed by atoms with Crippen molar-refractivity contribution in [2.24, 2.45) is 5.73 Å². The third-order valence-corrected chi connectivity index (χ3v) is 5.31. The number of para-hydroxylation sites is 1. The van der Waals surface area contributed by atoms with Crippen LogP contribution in [0.1, 0.15) is 35.1 Å². The molecule has 7 nitrogen and oxygen atoms in total. The Morgan fingerprint density at radius 2 is 1.81 bits per heavy atom. The monoisotopic (exact) mass is 414 g/mol. The molecule has 0 unspecified atom stereocenters. The van der Waals surface area contributed by atoms with Gasteiger partial charge in [-0.1, -0.05) is 55.5 Å². The fourth-order valence-electron chi connectivity index (χ4n) is 3.84. The van der Waals surface area contributed by atoms with Gasteiger partial charge in [-0.05, 0) is 35.2 Å². The van der Waals surface area contributed by atoms with Crippen LogP contribution in [-0.4, -0.2) is 20.4 Å². The standard InChI is InChI=1S/C24H22N4O3/c1-2-6-22-26-23-20(9-5-10-21(23)28(30)31)27(22)15-16-11-13-17(14-12-16)18-7-3-4-8-19(18)24(25)29/h3-5,7-14H,2,6,15H2,1H3,(H2,25,29). The second-order valence-corrected chi connectivity index (χ2v) is 7.37. The van der Waals surface area contributed by atoms with Crippen molar-refractivity contribution in [2.75, 3.05) is 0 Å². The maximum absolute atomic E-state index is 11.7. The van der Waals surface area contributed by atoms with Crippen molar-refractivity contribution < 1.29 is 9.72 Å². The van der Waals surface area contributed by atoms with E-state index in [4.69, 9.17) is 5.73 Å². The minimum absolute atomic E-state index is 0.0204. The van der Waals surface area contributed by atoms with Gasteiger partial charge in [0.25, 0.3) is 5.69 Å². The minimum atomic E-state index is -0.463. The van der Waals surface area contributed by atoms with Crippen LogP contribution in [0.2, 0.25) is 0 Å². The average Bonchev–Trinajstić information content (AvgIpc) is 3.11. The van der Waals surface area contributed by atoms with Crippen LogP contribution in [0.5, 0.6) is 0 Å². The lowest BCUT2D eigenvalue weighted by Crippen LogP contribution is -2.12. The second-order valence-electron chi connectivity index (χ2n) is 7.37. The number of carbonyl (C=O) groups is 1. The Hall–Kier alpha value is -4.00. The van der Waals surface area contributed by atoms with Crippen molar-refractivity contribution >= 4 is 22.6 Å². The van der Waals surface area contributed by atoms with Crippen LogP contribution in [0.4, 0.5) is 5.69 Å². The Morgan fingerprint density at radius 1 is 1.06 bits per heavy atom. The summed E-state index contributed by atoms with van der Waals surface area (Å²) in [5.41, 5.74) is 9.90. The van der Waals surface area contributed by atoms with E-state index in [2.05, 4.69) is 11.9 Å². The molecule has 0 fully saturated rings. The van der Waals surface area contributed by atoms with Gasteiger partial charge in [-0.2, -0.15) is 0 Å². The highest BCUT2D eigenvalue weighted by Crippen LogP contribution is 2.28. The Kier molecular flexibility index (Phi) is 5.49. The number of fused-ring (bicyclic) bond motifs is 1. The molecule has 31 heavy (non-hydrogen) atoms. The van der Waals surface area contributed by atoms with E-state index in [-0.39, 0.29) is 10.6 Å². The molecule has 3 aromatic carbocycles. The zero-order valence-electron chi connectivity index (χ0n) is 17.1. The maximum Gasteiger partial charge on any atom is 0.297 e. The van der Waals surface area contributed by atoms with Crippen LogP contribution in [0.25, 0.3) is 22.2 Å². The van der Waals surface area contributed by atoms with Gasteiger partial charge < -0.3 is 10.3 Å². The van der Waals surface area contributed by atoms with Gasteiger partial charge in [0.05, 0.1) is 10.4 Å². The molecular weight excluding hydrogens is 392 g/mol. The Morgan fingerprint density at radius 3 is 2.48 bits per heavy atom. The smallest absolute Gasteiger partial charge is 0.297 e. The van der Waals surface area contributed by atoms with Gasteiger partial charge in [-0.25, -0.2) is 4.98 Å². The fraction of sp³-hybridized carbons (Fsp3) is 0.167. The molecule has 2 N–H and O–H groups in total. The molecule has 7 heteroatoms. The van der Waals surface area contributed by atoms with E-state index in [1.54, 1.807) is 18.2 Å². The molecule has 1 amide bonds. The first-order valence-corrected chi connectivity index (χ1v) is 10.1. The largest absolute Gasteiger partial charge is 0.366 e. The second kappa shape index (κ2) is 8.39. The predicted octanol–water partition coefficient (Wildman–Crippen LogP) is 4.71. The van der Waals surface area contributed by atoms with E-state index in [1.807, 2.05) is 47.0 Å². The molecule has 156 valence electrons. The van der Waals surface area contributed by atoms with Crippen molar-refractivity contribution in [3.8, 4) is 11.1 Å². The predicted molar refractivity (Wildman–Crippen MR) is 120 cm³/mol. The number of aryl methyl sites for hydroxylation is 1. The minimum Gasteiger partial charge on any atom is -0.366 e. The van der Waals surface area contributed by atoms with E-state index < -0.39 is 5.91 Å². The number of nitrogens with zero attached hydrogens (tertiary/aromatic N) is 3. The molecule has 0 spiro atoms. The Balaban J connectivity index is 1.72. The molecule has 0 aliphatic carbocycles. The van der Waals surface area contributed by atoms with Gasteiger partial charge in [0.1, 0.15) is 5.82 Å². The molecule has 0 radical (unpaired) electrons. The molecular formula is C24H22N4O3. The quantitative estimate of drug-likeness (QED) is 0.349. The summed E-state index contributed by atoms with van der Waals surface area (Å²) in [5.74, 6) is 0.366. The number of non-ortho nitro benzene ring substituents is 1. The van der Waals surface area contributed by atoms with Gasteiger partial charge in [0, 0.05) is 24.6 Å². The maximum atomic E-state index is 11.7. The SMILES string of the molecule is CCCc1nc2c([N+](=O)[O-])cccc2n1Cc1ccc(-c2ccccc2C(N)=O)cc1. The summed E-state index contributed by atoms with van der Waals surface area (Å²) in [6, 6.07) is 20.2. The number of primary amides is 1. The number of nitro benzene ring substituents is 1. The van der Waals surface area contributed by atoms with Crippen LogP contribution in [0.15, 0.2) is 66.7 Å². The summed E-state index contributed by atoms with van der Waals surface area (Å²) < 4.78 is 2.04. The number of nitro groups is 1. The van der Waals surface area contributed by atoms with Crippen molar-refractivity contribution in [1.29, 1.82) is 0 Å². The van der Waals surface area contributed by atoms with Crippen molar-refractivity contribution in [1.82, 2.24) is 9.55 Å². The lowest BCUT2D eigenvalue weighted by atomic mass is 9.98.